The number of Topliss-reactive ketones (excluding diaryl/α,β-unsaturated/α-hetero) is 1. The highest BCUT2D eigenvalue weighted by Crippen LogP contribution is 2.26. The minimum atomic E-state index is -0.798. The van der Waals surface area contributed by atoms with Crippen LogP contribution in [-0.2, 0) is 20.7 Å². The molecule has 0 N–H and O–H groups in total. The maximum absolute atomic E-state index is 12.9. The zero-order chi connectivity index (χ0) is 19.1. The normalized spacial score (nSPS) is 11.8. The molecule has 3 nitrogen and oxygen atoms in total. The van der Waals surface area contributed by atoms with Gasteiger partial charge in [-0.25, -0.2) is 0 Å². The molecule has 0 aromatic heterocycles. The molecule has 136 valence electrons. The van der Waals surface area contributed by atoms with E-state index in [1.165, 1.54) is 0 Å². The van der Waals surface area contributed by atoms with Crippen molar-refractivity contribution in [1.29, 1.82) is 0 Å². The van der Waals surface area contributed by atoms with E-state index >= 15 is 0 Å². The molecule has 0 radical (unpaired) electrons. The average Bonchev–Trinajstić information content (AvgIpc) is 2.70. The van der Waals surface area contributed by atoms with E-state index in [0.29, 0.717) is 0 Å². The van der Waals surface area contributed by atoms with Gasteiger partial charge in [-0.1, -0.05) is 91.0 Å². The zero-order valence-electron chi connectivity index (χ0n) is 15.2. The predicted molar refractivity (Wildman–Crippen MR) is 105 cm³/mol. The molecular weight excluding hydrogens is 336 g/mol. The Bertz CT molecular complexity index is 834. The Labute approximate surface area is 159 Å². The van der Waals surface area contributed by atoms with Crippen LogP contribution >= 0.6 is 0 Å². The molecule has 1 atom stereocenters. The Morgan fingerprint density at radius 1 is 0.741 bits per heavy atom. The van der Waals surface area contributed by atoms with Crippen LogP contribution in [0.5, 0.6) is 0 Å². The molecule has 0 fully saturated rings. The summed E-state index contributed by atoms with van der Waals surface area (Å²) in [5, 5.41) is 0. The van der Waals surface area contributed by atoms with Crippen LogP contribution in [0, 0.1) is 0 Å². The molecular formula is C24H22O3. The van der Waals surface area contributed by atoms with Crippen molar-refractivity contribution in [2.75, 3.05) is 0 Å². The molecule has 0 spiro atoms. The lowest BCUT2D eigenvalue weighted by atomic mass is 9.91. The smallest absolute Gasteiger partial charge is 0.318 e. The molecule has 0 saturated carbocycles. The van der Waals surface area contributed by atoms with E-state index < -0.39 is 18.0 Å². The van der Waals surface area contributed by atoms with Crippen LogP contribution in [-0.4, -0.2) is 17.9 Å². The summed E-state index contributed by atoms with van der Waals surface area (Å²) in [4.78, 5) is 25.4. The second-order valence-electron chi connectivity index (χ2n) is 6.46. The second-order valence-corrected chi connectivity index (χ2v) is 6.46. The summed E-state index contributed by atoms with van der Waals surface area (Å²) < 4.78 is 5.57. The molecule has 0 bridgehead atoms. The fraction of sp³-hybridized carbons (Fsp3) is 0.167. The van der Waals surface area contributed by atoms with E-state index in [1.807, 2.05) is 91.0 Å². The van der Waals surface area contributed by atoms with E-state index in [2.05, 4.69) is 0 Å². The molecule has 0 saturated heterocycles. The van der Waals surface area contributed by atoms with Gasteiger partial charge in [-0.3, -0.25) is 9.59 Å². The van der Waals surface area contributed by atoms with Crippen LogP contribution in [0.2, 0.25) is 0 Å². The van der Waals surface area contributed by atoms with E-state index in [0.717, 1.165) is 16.7 Å². The predicted octanol–water partition coefficient (Wildman–Crippen LogP) is 4.56. The van der Waals surface area contributed by atoms with Gasteiger partial charge in [-0.05, 0) is 23.6 Å². The molecule has 27 heavy (non-hydrogen) atoms. The van der Waals surface area contributed by atoms with Gasteiger partial charge in [0, 0.05) is 6.42 Å². The lowest BCUT2D eigenvalue weighted by molar-refractivity contribution is -0.154. The Hall–Kier alpha value is -3.20. The number of esters is 1. The zero-order valence-corrected chi connectivity index (χ0v) is 15.2. The molecule has 0 aliphatic heterocycles. The third kappa shape index (κ3) is 4.91. The molecule has 0 aliphatic rings. The largest absolute Gasteiger partial charge is 0.454 e. The van der Waals surface area contributed by atoms with Crippen molar-refractivity contribution in [3.05, 3.63) is 108 Å². The van der Waals surface area contributed by atoms with Gasteiger partial charge in [0.1, 0.15) is 5.92 Å². The molecule has 3 heteroatoms. The number of hydrogen-bond donors (Lipinski definition) is 0. The molecule has 0 aliphatic carbocycles. The topological polar surface area (TPSA) is 43.4 Å². The van der Waals surface area contributed by atoms with Crippen molar-refractivity contribution in [1.82, 2.24) is 0 Å². The third-order valence-corrected chi connectivity index (χ3v) is 4.47. The Balaban J connectivity index is 1.75. The van der Waals surface area contributed by atoms with Crippen molar-refractivity contribution in [3.63, 3.8) is 0 Å². The van der Waals surface area contributed by atoms with Gasteiger partial charge in [0.2, 0.25) is 0 Å². The van der Waals surface area contributed by atoms with Crippen LogP contribution in [0.15, 0.2) is 91.0 Å². The monoisotopic (exact) mass is 358 g/mol. The van der Waals surface area contributed by atoms with Crippen LogP contribution < -0.4 is 0 Å². The minimum absolute atomic E-state index is 0.116. The van der Waals surface area contributed by atoms with Crippen LogP contribution in [0.4, 0.5) is 0 Å². The van der Waals surface area contributed by atoms with E-state index in [9.17, 15) is 9.59 Å². The van der Waals surface area contributed by atoms with E-state index in [4.69, 9.17) is 4.74 Å². The van der Waals surface area contributed by atoms with E-state index in [-0.39, 0.29) is 12.2 Å². The Kier molecular flexibility index (Phi) is 6.16. The number of ether oxygens (including phenoxy) is 1. The first-order valence-electron chi connectivity index (χ1n) is 9.02. The van der Waals surface area contributed by atoms with Crippen molar-refractivity contribution >= 4 is 11.8 Å². The number of carbonyl (C=O) groups is 2. The number of ketones is 1. The Morgan fingerprint density at radius 2 is 1.19 bits per heavy atom. The van der Waals surface area contributed by atoms with Crippen LogP contribution in [0.25, 0.3) is 0 Å². The molecule has 3 rings (SSSR count). The summed E-state index contributed by atoms with van der Waals surface area (Å²) in [6.07, 6.45) is -0.552. The summed E-state index contributed by atoms with van der Waals surface area (Å²) in [5.74, 6) is -1.09. The first-order chi connectivity index (χ1) is 13.1. The quantitative estimate of drug-likeness (QED) is 0.582. The van der Waals surface area contributed by atoms with Gasteiger partial charge in [-0.15, -0.1) is 0 Å². The summed E-state index contributed by atoms with van der Waals surface area (Å²) in [5.41, 5.74) is 2.60. The van der Waals surface area contributed by atoms with Crippen molar-refractivity contribution in [2.45, 2.75) is 25.4 Å². The van der Waals surface area contributed by atoms with Crippen LogP contribution in [0.3, 0.4) is 0 Å². The Morgan fingerprint density at radius 3 is 1.67 bits per heavy atom. The number of carbonyl (C=O) groups excluding carboxylic acids is 2. The third-order valence-electron chi connectivity index (χ3n) is 4.47. The summed E-state index contributed by atoms with van der Waals surface area (Å²) in [6, 6.07) is 28.4. The summed E-state index contributed by atoms with van der Waals surface area (Å²) in [7, 11) is 0. The number of benzene rings is 3. The van der Waals surface area contributed by atoms with Crippen molar-refractivity contribution < 1.29 is 14.3 Å². The molecule has 0 amide bonds. The highest BCUT2D eigenvalue weighted by Gasteiger charge is 2.27. The van der Waals surface area contributed by atoms with Gasteiger partial charge in [0.25, 0.3) is 0 Å². The van der Waals surface area contributed by atoms with Crippen molar-refractivity contribution in [3.8, 4) is 0 Å². The first kappa shape index (κ1) is 18.6. The number of hydrogen-bond acceptors (Lipinski definition) is 3. The standard InChI is InChI=1S/C24H22O3/c1-18(22(25)17-19-11-5-2-6-12-19)27-24(26)23(20-13-7-3-8-14-20)21-15-9-4-10-16-21/h2-16,18,23H,17H2,1H3. The fourth-order valence-electron chi connectivity index (χ4n) is 3.00. The molecule has 1 unspecified atom stereocenters. The second kappa shape index (κ2) is 8.95. The van der Waals surface area contributed by atoms with Crippen LogP contribution in [0.1, 0.15) is 29.5 Å². The summed E-state index contributed by atoms with van der Waals surface area (Å²) >= 11 is 0. The van der Waals surface area contributed by atoms with Gasteiger partial charge in [0.05, 0.1) is 0 Å². The molecule has 0 heterocycles. The van der Waals surface area contributed by atoms with Crippen molar-refractivity contribution in [2.24, 2.45) is 0 Å². The average molecular weight is 358 g/mol. The number of rotatable bonds is 7. The maximum Gasteiger partial charge on any atom is 0.318 e. The molecule has 3 aromatic carbocycles. The minimum Gasteiger partial charge on any atom is -0.454 e. The van der Waals surface area contributed by atoms with Gasteiger partial charge in [-0.2, -0.15) is 0 Å². The SMILES string of the molecule is CC(OC(=O)C(c1ccccc1)c1ccccc1)C(=O)Cc1ccccc1. The lowest BCUT2D eigenvalue weighted by Crippen LogP contribution is -2.29. The highest BCUT2D eigenvalue weighted by molar-refractivity contribution is 5.89. The summed E-state index contributed by atoms with van der Waals surface area (Å²) in [6.45, 7) is 1.64. The van der Waals surface area contributed by atoms with E-state index in [1.54, 1.807) is 6.92 Å². The van der Waals surface area contributed by atoms with Gasteiger partial charge in [0.15, 0.2) is 11.9 Å². The van der Waals surface area contributed by atoms with Gasteiger partial charge < -0.3 is 4.74 Å². The maximum atomic E-state index is 12.9. The fourth-order valence-corrected chi connectivity index (χ4v) is 3.00. The highest BCUT2D eigenvalue weighted by atomic mass is 16.5. The first-order valence-corrected chi connectivity index (χ1v) is 9.02. The molecule has 3 aromatic rings. The van der Waals surface area contributed by atoms with Gasteiger partial charge >= 0.3 is 5.97 Å². The lowest BCUT2D eigenvalue weighted by Gasteiger charge is -2.20.